The van der Waals surface area contributed by atoms with Crippen LogP contribution < -0.4 is 15.0 Å². The van der Waals surface area contributed by atoms with E-state index in [-0.39, 0.29) is 18.5 Å². The van der Waals surface area contributed by atoms with Crippen molar-refractivity contribution in [2.45, 2.75) is 18.9 Å². The second kappa shape index (κ2) is 7.92. The summed E-state index contributed by atoms with van der Waals surface area (Å²) in [6, 6.07) is 16.9. The van der Waals surface area contributed by atoms with Crippen molar-refractivity contribution < 1.29 is 14.3 Å². The van der Waals surface area contributed by atoms with Gasteiger partial charge in [-0.15, -0.1) is 0 Å². The Morgan fingerprint density at radius 1 is 1.14 bits per heavy atom. The minimum Gasteiger partial charge on any atom is -0.489 e. The number of carbonyl (C=O) groups excluding carboxylic acids is 2. The van der Waals surface area contributed by atoms with Gasteiger partial charge in [-0.1, -0.05) is 42.5 Å². The van der Waals surface area contributed by atoms with Gasteiger partial charge in [0.25, 0.3) is 5.91 Å². The number of likely N-dealkylation sites (tertiary alicyclic amines) is 1. The van der Waals surface area contributed by atoms with Crippen LogP contribution in [0.25, 0.3) is 0 Å². The maximum absolute atomic E-state index is 12.8. The van der Waals surface area contributed by atoms with Crippen molar-refractivity contribution >= 4 is 17.6 Å². The molecule has 2 aromatic rings. The number of fused-ring (bicyclic) bond motifs is 1. The van der Waals surface area contributed by atoms with E-state index in [1.807, 2.05) is 42.5 Å². The molecule has 0 aliphatic carbocycles. The van der Waals surface area contributed by atoms with Crippen LogP contribution in [0.5, 0.6) is 5.75 Å². The van der Waals surface area contributed by atoms with E-state index < -0.39 is 6.04 Å². The molecule has 0 radical (unpaired) electrons. The van der Waals surface area contributed by atoms with Crippen LogP contribution in [0.2, 0.25) is 0 Å². The number of anilines is 1. The standard InChI is InChI=1S/C22H25N3O3/c1-24-19-9-5-6-10-20(19)28-15-18(21(24)26)23-22(27)25-12-11-17(14-25)13-16-7-3-2-4-8-16/h2-10,17-18H,11-15H2,1H3,(H,23,27)/t17?,18-/m0/s1. The first-order valence-corrected chi connectivity index (χ1v) is 9.70. The quantitative estimate of drug-likeness (QED) is 0.892. The van der Waals surface area contributed by atoms with Crippen LogP contribution in [0.4, 0.5) is 10.5 Å². The fourth-order valence-corrected chi connectivity index (χ4v) is 3.93. The molecule has 1 saturated heterocycles. The number of carbonyl (C=O) groups is 2. The highest BCUT2D eigenvalue weighted by molar-refractivity contribution is 6.00. The van der Waals surface area contributed by atoms with Crippen LogP contribution in [-0.4, -0.2) is 49.6 Å². The largest absolute Gasteiger partial charge is 0.489 e. The molecule has 0 bridgehead atoms. The van der Waals surface area contributed by atoms with E-state index in [1.165, 1.54) is 5.56 Å². The monoisotopic (exact) mass is 379 g/mol. The third-order valence-corrected chi connectivity index (χ3v) is 5.50. The Morgan fingerprint density at radius 2 is 1.89 bits per heavy atom. The van der Waals surface area contributed by atoms with Crippen molar-refractivity contribution in [3.05, 3.63) is 60.2 Å². The molecule has 6 nitrogen and oxygen atoms in total. The van der Waals surface area contributed by atoms with Crippen LogP contribution in [0.1, 0.15) is 12.0 Å². The Hall–Kier alpha value is -3.02. The van der Waals surface area contributed by atoms with Gasteiger partial charge in [0.1, 0.15) is 18.4 Å². The van der Waals surface area contributed by atoms with Gasteiger partial charge in [0.2, 0.25) is 0 Å². The summed E-state index contributed by atoms with van der Waals surface area (Å²) in [6.07, 6.45) is 1.94. The van der Waals surface area contributed by atoms with Gasteiger partial charge < -0.3 is 19.9 Å². The molecule has 2 aliphatic rings. The lowest BCUT2D eigenvalue weighted by molar-refractivity contribution is -0.120. The molecule has 28 heavy (non-hydrogen) atoms. The highest BCUT2D eigenvalue weighted by atomic mass is 16.5. The number of para-hydroxylation sites is 2. The Labute approximate surface area is 165 Å². The van der Waals surface area contributed by atoms with E-state index in [9.17, 15) is 9.59 Å². The zero-order valence-corrected chi connectivity index (χ0v) is 16.0. The number of benzene rings is 2. The molecule has 2 heterocycles. The highest BCUT2D eigenvalue weighted by Crippen LogP contribution is 2.30. The van der Waals surface area contributed by atoms with Gasteiger partial charge in [-0.05, 0) is 36.5 Å². The third kappa shape index (κ3) is 3.81. The highest BCUT2D eigenvalue weighted by Gasteiger charge is 2.33. The predicted molar refractivity (Wildman–Crippen MR) is 107 cm³/mol. The summed E-state index contributed by atoms with van der Waals surface area (Å²) in [5.74, 6) is 0.929. The molecule has 2 atom stereocenters. The Kier molecular flexibility index (Phi) is 5.19. The smallest absolute Gasteiger partial charge is 0.318 e. The summed E-state index contributed by atoms with van der Waals surface area (Å²) in [5.41, 5.74) is 2.01. The number of urea groups is 1. The van der Waals surface area contributed by atoms with Crippen LogP contribution in [0.3, 0.4) is 0 Å². The average molecular weight is 379 g/mol. The second-order valence-corrected chi connectivity index (χ2v) is 7.47. The van der Waals surface area contributed by atoms with Crippen LogP contribution >= 0.6 is 0 Å². The van der Waals surface area contributed by atoms with Crippen molar-refractivity contribution in [3.8, 4) is 5.75 Å². The molecular weight excluding hydrogens is 354 g/mol. The predicted octanol–water partition coefficient (Wildman–Crippen LogP) is 2.68. The number of nitrogens with zero attached hydrogens (tertiary/aromatic N) is 2. The molecule has 6 heteroatoms. The second-order valence-electron chi connectivity index (χ2n) is 7.47. The zero-order chi connectivity index (χ0) is 19.5. The molecule has 146 valence electrons. The fraction of sp³-hybridized carbons (Fsp3) is 0.364. The number of rotatable bonds is 3. The molecule has 0 saturated carbocycles. The molecule has 3 amide bonds. The van der Waals surface area contributed by atoms with E-state index in [4.69, 9.17) is 4.74 Å². The summed E-state index contributed by atoms with van der Waals surface area (Å²) in [6.45, 7) is 1.55. The summed E-state index contributed by atoms with van der Waals surface area (Å²) in [5, 5.41) is 2.87. The minimum atomic E-state index is -0.696. The minimum absolute atomic E-state index is 0.132. The number of hydrogen-bond acceptors (Lipinski definition) is 3. The molecule has 1 unspecified atom stereocenters. The average Bonchev–Trinajstić information content (AvgIpc) is 3.15. The van der Waals surface area contributed by atoms with Gasteiger partial charge >= 0.3 is 6.03 Å². The summed E-state index contributed by atoms with van der Waals surface area (Å²) >= 11 is 0. The number of nitrogens with one attached hydrogen (secondary N) is 1. The Morgan fingerprint density at radius 3 is 2.71 bits per heavy atom. The van der Waals surface area contributed by atoms with E-state index >= 15 is 0 Å². The molecule has 1 fully saturated rings. The lowest BCUT2D eigenvalue weighted by atomic mass is 9.99. The first-order chi connectivity index (χ1) is 13.6. The van der Waals surface area contributed by atoms with Gasteiger partial charge in [0, 0.05) is 20.1 Å². The Balaban J connectivity index is 1.36. The van der Waals surface area contributed by atoms with E-state index in [1.54, 1.807) is 16.8 Å². The van der Waals surface area contributed by atoms with E-state index in [2.05, 4.69) is 17.4 Å². The summed E-state index contributed by atoms with van der Waals surface area (Å²) in [7, 11) is 1.71. The molecule has 2 aliphatic heterocycles. The lowest BCUT2D eigenvalue weighted by Gasteiger charge is -2.23. The summed E-state index contributed by atoms with van der Waals surface area (Å²) < 4.78 is 5.77. The molecule has 1 N–H and O–H groups in total. The van der Waals surface area contributed by atoms with Crippen molar-refractivity contribution in [3.63, 3.8) is 0 Å². The van der Waals surface area contributed by atoms with Gasteiger partial charge in [-0.25, -0.2) is 4.79 Å². The van der Waals surface area contributed by atoms with Gasteiger partial charge in [0.15, 0.2) is 0 Å². The zero-order valence-electron chi connectivity index (χ0n) is 16.0. The van der Waals surface area contributed by atoms with Crippen LogP contribution in [0.15, 0.2) is 54.6 Å². The van der Waals surface area contributed by atoms with Crippen molar-refractivity contribution in [2.24, 2.45) is 5.92 Å². The van der Waals surface area contributed by atoms with Gasteiger partial charge in [0.05, 0.1) is 5.69 Å². The number of likely N-dealkylation sites (N-methyl/N-ethyl adjacent to an activating group) is 1. The third-order valence-electron chi connectivity index (χ3n) is 5.50. The maximum Gasteiger partial charge on any atom is 0.318 e. The first-order valence-electron chi connectivity index (χ1n) is 9.70. The number of hydrogen-bond donors (Lipinski definition) is 1. The molecule has 4 rings (SSSR count). The first kappa shape index (κ1) is 18.3. The molecular formula is C22H25N3O3. The lowest BCUT2D eigenvalue weighted by Crippen LogP contribution is -2.52. The van der Waals surface area contributed by atoms with Crippen LogP contribution in [-0.2, 0) is 11.2 Å². The Bertz CT molecular complexity index is 855. The van der Waals surface area contributed by atoms with Crippen LogP contribution in [0, 0.1) is 5.92 Å². The fourth-order valence-electron chi connectivity index (χ4n) is 3.93. The maximum atomic E-state index is 12.8. The van der Waals surface area contributed by atoms with Crippen molar-refractivity contribution in [1.82, 2.24) is 10.2 Å². The van der Waals surface area contributed by atoms with Crippen molar-refractivity contribution in [2.75, 3.05) is 31.6 Å². The van der Waals surface area contributed by atoms with Gasteiger partial charge in [-0.3, -0.25) is 4.79 Å². The van der Waals surface area contributed by atoms with Crippen molar-refractivity contribution in [1.29, 1.82) is 0 Å². The van der Waals surface area contributed by atoms with Gasteiger partial charge in [-0.2, -0.15) is 0 Å². The summed E-state index contributed by atoms with van der Waals surface area (Å²) in [4.78, 5) is 28.9. The topological polar surface area (TPSA) is 61.9 Å². The molecule has 2 aromatic carbocycles. The normalized spacial score (nSPS) is 21.7. The van der Waals surface area contributed by atoms with E-state index in [0.29, 0.717) is 30.4 Å². The molecule has 0 aromatic heterocycles. The SMILES string of the molecule is CN1C(=O)[C@@H](NC(=O)N2CCC(Cc3ccccc3)C2)COc2ccccc21. The van der Waals surface area contributed by atoms with E-state index in [0.717, 1.165) is 12.8 Å². The molecule has 0 spiro atoms. The number of ether oxygens (including phenoxy) is 1. The number of amides is 3.